The van der Waals surface area contributed by atoms with Crippen molar-refractivity contribution in [2.45, 2.75) is 5.92 Å². The van der Waals surface area contributed by atoms with Crippen LogP contribution in [0.2, 0.25) is 15.1 Å². The van der Waals surface area contributed by atoms with Gasteiger partial charge in [-0.05, 0) is 213 Å². The van der Waals surface area contributed by atoms with E-state index in [1.165, 1.54) is 55.6 Å². The lowest BCUT2D eigenvalue weighted by Crippen LogP contribution is -2.14. The topological polar surface area (TPSA) is 25.0 Å². The molecule has 564 valence electrons. The van der Waals surface area contributed by atoms with Crippen molar-refractivity contribution in [2.75, 3.05) is 24.9 Å². The van der Waals surface area contributed by atoms with Crippen LogP contribution in [0.4, 0.5) is 79.6 Å². The molecule has 0 atom stereocenters. The van der Waals surface area contributed by atoms with Gasteiger partial charge in [0.15, 0.2) is 0 Å². The van der Waals surface area contributed by atoms with E-state index in [4.69, 9.17) is 34.8 Å². The molecule has 0 heterocycles. The highest BCUT2D eigenvalue weighted by Gasteiger charge is 2.27. The molecular formula is C109H82Cl3N5. The first kappa shape index (κ1) is 76.8. The maximum Gasteiger partial charge on any atom is 0.0832 e. The van der Waals surface area contributed by atoms with Crippen molar-refractivity contribution in [3.63, 3.8) is 0 Å². The summed E-state index contributed by atoms with van der Waals surface area (Å²) in [6, 6.07) is 169. The zero-order chi connectivity index (χ0) is 79.3. The Bertz CT molecular complexity index is 5900. The minimum absolute atomic E-state index is 0.127. The second-order valence-electron chi connectivity index (χ2n) is 28.1. The fourth-order valence-electron chi connectivity index (χ4n) is 14.8. The Morgan fingerprint density at radius 2 is 0.402 bits per heavy atom. The quantitative estimate of drug-likeness (QED) is 0.0723. The van der Waals surface area contributed by atoms with Gasteiger partial charge in [0, 0.05) is 74.2 Å². The van der Waals surface area contributed by atoms with Gasteiger partial charge in [-0.3, -0.25) is 0 Å². The highest BCUT2D eigenvalue weighted by atomic mass is 35.5. The fraction of sp³-hybridized carbons (Fsp3) is 0.00917. The average molecular weight is 1570 g/mol. The van der Waals surface area contributed by atoms with E-state index in [2.05, 4.69) is 450 Å². The second kappa shape index (κ2) is 37.6. The molecule has 1 N–H and O–H groups in total. The van der Waals surface area contributed by atoms with Crippen LogP contribution in [0, 0.1) is 0 Å². The van der Waals surface area contributed by atoms with Gasteiger partial charge in [-0.15, -0.1) is 0 Å². The Hall–Kier alpha value is -14.2. The lowest BCUT2D eigenvalue weighted by molar-refractivity contribution is 0.977. The lowest BCUT2D eigenvalue weighted by atomic mass is 9.83. The average Bonchev–Trinajstić information content (AvgIpc) is 0.772. The van der Waals surface area contributed by atoms with E-state index in [1.54, 1.807) is 6.07 Å². The molecule has 0 amide bonds. The standard InChI is InChI=1S/C55H41ClN2.C30H22Cl2N2.C24H19N/c56-55-52(54(45-36-32-43(33-37-45)41-18-6-1-7-19-41)46-38-34-44(35-39-46)42-20-8-2-9-21-42)30-17-31-53(55)58(49-26-14-5-15-27-49)51-29-16-28-50(40-51)57(47-22-10-3-11-23-47)48-24-12-4-13-25-48;31-28-20-11-21-29(30(28)32)34(25-16-8-3-9-17-25)27-19-10-18-26(22-27)33(23-12-4-1-5-13-23)24-14-6-2-7-15-24;1-3-7-19(8-4-1)21-11-15-23(16-12-21)25-24-17-13-22(14-18-24)20-9-5-2-6-10-20/h1-40,54H;1-22H;1-18,25H. The Morgan fingerprint density at radius 1 is 0.179 bits per heavy atom. The van der Waals surface area contributed by atoms with Crippen molar-refractivity contribution < 1.29 is 0 Å². The fourth-order valence-corrected chi connectivity index (χ4v) is 15.5. The summed E-state index contributed by atoms with van der Waals surface area (Å²) < 4.78 is 0. The molecule has 0 saturated heterocycles. The number of benzene rings is 18. The van der Waals surface area contributed by atoms with Gasteiger partial charge >= 0.3 is 0 Å². The maximum absolute atomic E-state index is 7.79. The highest BCUT2D eigenvalue weighted by Crippen LogP contribution is 2.49. The van der Waals surface area contributed by atoms with Crippen molar-refractivity contribution in [1.82, 2.24) is 0 Å². The second-order valence-corrected chi connectivity index (χ2v) is 29.2. The normalized spacial score (nSPS) is 10.8. The van der Waals surface area contributed by atoms with E-state index in [0.717, 1.165) is 85.2 Å². The maximum atomic E-state index is 7.79. The number of anilines is 14. The number of nitrogens with zero attached hydrogens (tertiary/aromatic N) is 4. The van der Waals surface area contributed by atoms with Crippen molar-refractivity contribution in [1.29, 1.82) is 0 Å². The summed E-state index contributed by atoms with van der Waals surface area (Å²) in [5.41, 5.74) is 27.3. The first-order valence-corrected chi connectivity index (χ1v) is 40.3. The molecule has 0 aromatic heterocycles. The zero-order valence-corrected chi connectivity index (χ0v) is 66.5. The monoisotopic (exact) mass is 1570 g/mol. The number of halogens is 3. The van der Waals surface area contributed by atoms with Crippen LogP contribution in [0.1, 0.15) is 22.6 Å². The molecule has 18 aromatic carbocycles. The number of para-hydroxylation sites is 6. The lowest BCUT2D eigenvalue weighted by Gasteiger charge is -2.31. The molecule has 0 radical (unpaired) electrons. The summed E-state index contributed by atoms with van der Waals surface area (Å²) in [7, 11) is 0. The summed E-state index contributed by atoms with van der Waals surface area (Å²) in [5, 5.41) is 5.19. The van der Waals surface area contributed by atoms with E-state index in [-0.39, 0.29) is 5.92 Å². The third-order valence-corrected chi connectivity index (χ3v) is 21.7. The van der Waals surface area contributed by atoms with E-state index in [1.807, 2.05) is 54.6 Å². The van der Waals surface area contributed by atoms with Crippen LogP contribution in [0.3, 0.4) is 0 Å². The summed E-state index contributed by atoms with van der Waals surface area (Å²) in [5.74, 6) is -0.127. The number of hydrogen-bond donors (Lipinski definition) is 1. The SMILES string of the molecule is Clc1c(C(c2ccc(-c3ccccc3)cc2)c2ccc(-c3ccccc3)cc2)cccc1N(c1ccccc1)c1cccc(N(c2ccccc2)c2ccccc2)c1.Clc1cccc(N(c2ccccc2)c2cccc(N(c3ccccc3)c3ccccc3)c2)c1Cl.c1ccc(-c2ccc(Nc3ccc(-c4ccccc4)cc3)cc2)cc1. The van der Waals surface area contributed by atoms with Gasteiger partial charge in [-0.2, -0.15) is 0 Å². The minimum atomic E-state index is -0.127. The van der Waals surface area contributed by atoms with Crippen molar-refractivity contribution in [3.05, 3.63) is 517 Å². The van der Waals surface area contributed by atoms with Crippen LogP contribution in [0.15, 0.2) is 485 Å². The first-order chi connectivity index (χ1) is 57.8. The van der Waals surface area contributed by atoms with E-state index >= 15 is 0 Å². The third kappa shape index (κ3) is 18.6. The molecule has 0 fully saturated rings. The van der Waals surface area contributed by atoms with Crippen molar-refractivity contribution in [3.8, 4) is 44.5 Å². The summed E-state index contributed by atoms with van der Waals surface area (Å²) in [6.07, 6.45) is 0. The summed E-state index contributed by atoms with van der Waals surface area (Å²) in [4.78, 5) is 8.94. The number of hydrogen-bond acceptors (Lipinski definition) is 5. The van der Waals surface area contributed by atoms with Crippen molar-refractivity contribution >= 4 is 114 Å². The van der Waals surface area contributed by atoms with E-state index in [9.17, 15) is 0 Å². The van der Waals surface area contributed by atoms with Gasteiger partial charge in [-0.1, -0.05) is 368 Å². The van der Waals surface area contributed by atoms with Crippen molar-refractivity contribution in [2.24, 2.45) is 0 Å². The molecule has 8 heteroatoms. The molecule has 0 aliphatic heterocycles. The number of nitrogens with one attached hydrogen (secondary N) is 1. The largest absolute Gasteiger partial charge is 0.356 e. The first-order valence-electron chi connectivity index (χ1n) is 39.1. The minimum Gasteiger partial charge on any atom is -0.356 e. The smallest absolute Gasteiger partial charge is 0.0832 e. The molecular weight excluding hydrogens is 1490 g/mol. The highest BCUT2D eigenvalue weighted by molar-refractivity contribution is 6.44. The molecule has 0 aliphatic rings. The van der Waals surface area contributed by atoms with Gasteiger partial charge in [0.05, 0.1) is 26.4 Å². The molecule has 5 nitrogen and oxygen atoms in total. The van der Waals surface area contributed by atoms with E-state index in [0.29, 0.717) is 15.1 Å². The Morgan fingerprint density at radius 3 is 0.701 bits per heavy atom. The zero-order valence-electron chi connectivity index (χ0n) is 64.2. The molecule has 18 rings (SSSR count). The molecule has 0 spiro atoms. The Balaban J connectivity index is 0.000000146. The number of rotatable bonds is 21. The molecule has 0 bridgehead atoms. The molecule has 117 heavy (non-hydrogen) atoms. The van der Waals surface area contributed by atoms with Gasteiger partial charge in [0.25, 0.3) is 0 Å². The van der Waals surface area contributed by atoms with Crippen LogP contribution in [0.5, 0.6) is 0 Å². The van der Waals surface area contributed by atoms with Gasteiger partial charge in [0.1, 0.15) is 0 Å². The van der Waals surface area contributed by atoms with Crippen LogP contribution >= 0.6 is 34.8 Å². The van der Waals surface area contributed by atoms with Crippen LogP contribution in [-0.4, -0.2) is 0 Å². The van der Waals surface area contributed by atoms with Crippen LogP contribution in [0.25, 0.3) is 44.5 Å². The van der Waals surface area contributed by atoms with E-state index < -0.39 is 0 Å². The Kier molecular flexibility index (Phi) is 24.7. The van der Waals surface area contributed by atoms with Crippen LogP contribution < -0.4 is 24.9 Å². The molecule has 18 aromatic rings. The predicted molar refractivity (Wildman–Crippen MR) is 498 cm³/mol. The predicted octanol–water partition coefficient (Wildman–Crippen LogP) is 32.5. The van der Waals surface area contributed by atoms with Gasteiger partial charge < -0.3 is 24.9 Å². The Labute approximate surface area is 701 Å². The molecule has 0 saturated carbocycles. The molecule has 0 aliphatic carbocycles. The molecule has 0 unspecified atom stereocenters. The van der Waals surface area contributed by atoms with Crippen LogP contribution in [-0.2, 0) is 0 Å². The third-order valence-electron chi connectivity index (χ3n) is 20.5. The van der Waals surface area contributed by atoms with Gasteiger partial charge in [0.2, 0.25) is 0 Å². The summed E-state index contributed by atoms with van der Waals surface area (Å²) in [6.45, 7) is 0. The van der Waals surface area contributed by atoms with Gasteiger partial charge in [-0.25, -0.2) is 0 Å². The summed E-state index contributed by atoms with van der Waals surface area (Å²) >= 11 is 20.9.